The van der Waals surface area contributed by atoms with Gasteiger partial charge in [-0.05, 0) is 69.2 Å². The Labute approximate surface area is 245 Å². The predicted octanol–water partition coefficient (Wildman–Crippen LogP) is 4.05. The van der Waals surface area contributed by atoms with Crippen LogP contribution in [0.1, 0.15) is 53.5 Å². The van der Waals surface area contributed by atoms with E-state index in [0.29, 0.717) is 54.5 Å². The molecule has 3 aromatic rings. The van der Waals surface area contributed by atoms with Gasteiger partial charge in [0.2, 0.25) is 5.91 Å². The normalized spacial score (nSPS) is 19.5. The van der Waals surface area contributed by atoms with Crippen molar-refractivity contribution in [3.8, 4) is 17.2 Å². The minimum absolute atomic E-state index is 0.108. The number of rotatable bonds is 4. The fraction of sp³-hybridized carbons (Fsp3) is 0.375. The Balaban J connectivity index is 1.45. The van der Waals surface area contributed by atoms with Crippen molar-refractivity contribution < 1.29 is 28.6 Å². The van der Waals surface area contributed by atoms with E-state index < -0.39 is 6.04 Å². The fourth-order valence-electron chi connectivity index (χ4n) is 5.20. The number of piperidine rings is 1. The minimum Gasteiger partial charge on any atom is -0.491 e. The first-order valence-corrected chi connectivity index (χ1v) is 14.3. The number of fused-ring (bicyclic) bond motifs is 5. The van der Waals surface area contributed by atoms with Gasteiger partial charge in [0.15, 0.2) is 0 Å². The largest absolute Gasteiger partial charge is 0.491 e. The van der Waals surface area contributed by atoms with Crippen molar-refractivity contribution in [2.45, 2.75) is 52.0 Å². The lowest BCUT2D eigenvalue weighted by Gasteiger charge is -2.39. The van der Waals surface area contributed by atoms with Gasteiger partial charge in [-0.15, -0.1) is 0 Å². The van der Waals surface area contributed by atoms with Crippen molar-refractivity contribution in [1.82, 2.24) is 20.1 Å². The van der Waals surface area contributed by atoms with E-state index in [1.54, 1.807) is 47.6 Å². The number of carbonyl (C=O) groups is 3. The van der Waals surface area contributed by atoms with Crippen molar-refractivity contribution in [3.05, 3.63) is 83.7 Å². The summed E-state index contributed by atoms with van der Waals surface area (Å²) in [6.45, 7) is 6.86. The van der Waals surface area contributed by atoms with Gasteiger partial charge in [-0.1, -0.05) is 12.1 Å². The second-order valence-corrected chi connectivity index (χ2v) is 10.7. The summed E-state index contributed by atoms with van der Waals surface area (Å²) in [4.78, 5) is 47.4. The number of likely N-dealkylation sites (N-methyl/N-ethyl adjacent to an activating group) is 1. The van der Waals surface area contributed by atoms with E-state index in [1.165, 1.54) is 4.90 Å². The molecule has 0 radical (unpaired) electrons. The summed E-state index contributed by atoms with van der Waals surface area (Å²) >= 11 is 0. The van der Waals surface area contributed by atoms with Crippen LogP contribution in [0.3, 0.4) is 0 Å². The number of nitrogens with zero attached hydrogens (tertiary/aromatic N) is 3. The average molecular weight is 573 g/mol. The molecule has 2 aliphatic heterocycles. The van der Waals surface area contributed by atoms with Crippen molar-refractivity contribution in [2.75, 3.05) is 26.2 Å². The Kier molecular flexibility index (Phi) is 9.02. The van der Waals surface area contributed by atoms with Crippen LogP contribution < -0.4 is 14.8 Å². The zero-order valence-corrected chi connectivity index (χ0v) is 24.1. The van der Waals surface area contributed by atoms with E-state index in [1.807, 2.05) is 45.0 Å². The molecule has 1 fully saturated rings. The molecule has 220 valence electrons. The van der Waals surface area contributed by atoms with Crippen LogP contribution in [0.4, 0.5) is 0 Å². The third-order valence-electron chi connectivity index (χ3n) is 7.21. The third-order valence-corrected chi connectivity index (χ3v) is 7.21. The first kappa shape index (κ1) is 29.1. The highest BCUT2D eigenvalue weighted by atomic mass is 16.5. The molecule has 10 heteroatoms. The van der Waals surface area contributed by atoms with Crippen LogP contribution in [0, 0.1) is 0 Å². The van der Waals surface area contributed by atoms with Gasteiger partial charge < -0.3 is 29.3 Å². The summed E-state index contributed by atoms with van der Waals surface area (Å²) in [7, 11) is 0. The van der Waals surface area contributed by atoms with Gasteiger partial charge in [-0.3, -0.25) is 19.4 Å². The molecule has 2 atom stereocenters. The zero-order chi connectivity index (χ0) is 29.6. The number of benzene rings is 2. The maximum atomic E-state index is 13.6. The van der Waals surface area contributed by atoms with E-state index >= 15 is 0 Å². The molecule has 0 unspecified atom stereocenters. The molecule has 10 nitrogen and oxygen atoms in total. The van der Waals surface area contributed by atoms with Gasteiger partial charge in [0.1, 0.15) is 17.2 Å². The SMILES string of the molecule is CCN1CC(=O)N[C@H]2CN(C(=O)c3ccncc3)CC[C@@H]2OCc2cccc(c2)Oc2cc(OC(C)C)cc(c2)C1=O. The van der Waals surface area contributed by atoms with Crippen LogP contribution in [-0.4, -0.2) is 76.9 Å². The second kappa shape index (κ2) is 13.0. The number of pyridine rings is 1. The summed E-state index contributed by atoms with van der Waals surface area (Å²) < 4.78 is 18.4. The van der Waals surface area contributed by atoms with Crippen molar-refractivity contribution in [1.29, 1.82) is 0 Å². The molecule has 3 heterocycles. The van der Waals surface area contributed by atoms with E-state index in [2.05, 4.69) is 10.3 Å². The van der Waals surface area contributed by atoms with Crippen LogP contribution in [0.2, 0.25) is 0 Å². The van der Waals surface area contributed by atoms with Crippen LogP contribution >= 0.6 is 0 Å². The quantitative estimate of drug-likeness (QED) is 0.502. The number of likely N-dealkylation sites (tertiary alicyclic amines) is 1. The molecule has 1 aromatic heterocycles. The summed E-state index contributed by atoms with van der Waals surface area (Å²) in [6.07, 6.45) is 3.26. The molecule has 0 aliphatic carbocycles. The molecule has 1 saturated heterocycles. The predicted molar refractivity (Wildman–Crippen MR) is 156 cm³/mol. The maximum Gasteiger partial charge on any atom is 0.254 e. The first-order chi connectivity index (χ1) is 20.3. The van der Waals surface area contributed by atoms with Crippen LogP contribution in [-0.2, 0) is 16.1 Å². The summed E-state index contributed by atoms with van der Waals surface area (Å²) in [6, 6.07) is 15.5. The number of carbonyl (C=O) groups excluding carboxylic acids is 3. The fourth-order valence-corrected chi connectivity index (χ4v) is 5.20. The van der Waals surface area contributed by atoms with Gasteiger partial charge >= 0.3 is 0 Å². The van der Waals surface area contributed by atoms with Gasteiger partial charge in [0.25, 0.3) is 11.8 Å². The summed E-state index contributed by atoms with van der Waals surface area (Å²) in [5.74, 6) is 0.759. The molecule has 42 heavy (non-hydrogen) atoms. The highest BCUT2D eigenvalue weighted by Gasteiger charge is 2.34. The lowest BCUT2D eigenvalue weighted by atomic mass is 10.0. The topological polar surface area (TPSA) is 110 Å². The number of aromatic nitrogens is 1. The summed E-state index contributed by atoms with van der Waals surface area (Å²) in [5.41, 5.74) is 1.78. The van der Waals surface area contributed by atoms with E-state index in [4.69, 9.17) is 14.2 Å². The maximum absolute atomic E-state index is 13.6. The second-order valence-electron chi connectivity index (χ2n) is 10.7. The van der Waals surface area contributed by atoms with Crippen molar-refractivity contribution in [3.63, 3.8) is 0 Å². The molecular weight excluding hydrogens is 536 g/mol. The molecule has 2 aliphatic rings. The van der Waals surface area contributed by atoms with E-state index in [9.17, 15) is 14.4 Å². The van der Waals surface area contributed by atoms with Crippen LogP contribution in [0.25, 0.3) is 0 Å². The first-order valence-electron chi connectivity index (χ1n) is 14.3. The highest BCUT2D eigenvalue weighted by molar-refractivity contribution is 5.97. The monoisotopic (exact) mass is 572 g/mol. The number of hydrogen-bond acceptors (Lipinski definition) is 7. The molecule has 2 aromatic carbocycles. The number of ether oxygens (including phenoxy) is 3. The highest BCUT2D eigenvalue weighted by Crippen LogP contribution is 2.30. The molecular formula is C32H36N4O6. The Hall–Kier alpha value is -4.44. The van der Waals surface area contributed by atoms with Crippen LogP contribution in [0.5, 0.6) is 17.2 Å². The van der Waals surface area contributed by atoms with E-state index in [-0.39, 0.29) is 43.0 Å². The molecule has 3 amide bonds. The molecule has 4 bridgehead atoms. The van der Waals surface area contributed by atoms with Gasteiger partial charge in [-0.2, -0.15) is 0 Å². The lowest BCUT2D eigenvalue weighted by Crippen LogP contribution is -2.58. The molecule has 1 N–H and O–H groups in total. The van der Waals surface area contributed by atoms with Gasteiger partial charge in [0, 0.05) is 49.2 Å². The number of hydrogen-bond donors (Lipinski definition) is 1. The molecule has 5 rings (SSSR count). The minimum atomic E-state index is -0.465. The zero-order valence-electron chi connectivity index (χ0n) is 24.1. The Morgan fingerprint density at radius 2 is 1.90 bits per heavy atom. The van der Waals surface area contributed by atoms with Gasteiger partial charge in [0.05, 0.1) is 31.4 Å². The van der Waals surface area contributed by atoms with Crippen molar-refractivity contribution >= 4 is 17.7 Å². The third kappa shape index (κ3) is 7.06. The standard InChI is InChI=1S/C32H36N4O6/c1-4-35-19-30(37)34-28-18-36(31(38)23-8-11-33-12-9-23)13-10-29(28)40-20-22-6-5-7-25(14-22)42-27-16-24(32(35)39)15-26(17-27)41-21(2)3/h5-9,11-12,14-17,21,28-29H,4,10,13,18-20H2,1-3H3,(H,34,37)/t28-,29-/m0/s1. The average Bonchev–Trinajstić information content (AvgIpc) is 2.98. The van der Waals surface area contributed by atoms with E-state index in [0.717, 1.165) is 5.56 Å². The lowest BCUT2D eigenvalue weighted by molar-refractivity contribution is -0.124. The molecule has 0 saturated carbocycles. The van der Waals surface area contributed by atoms with Gasteiger partial charge in [-0.25, -0.2) is 0 Å². The Morgan fingerprint density at radius 1 is 1.10 bits per heavy atom. The number of amides is 3. The molecule has 0 spiro atoms. The number of nitrogens with one attached hydrogen (secondary N) is 1. The van der Waals surface area contributed by atoms with Crippen LogP contribution in [0.15, 0.2) is 67.0 Å². The van der Waals surface area contributed by atoms with Crippen molar-refractivity contribution in [2.24, 2.45) is 0 Å². The smallest absolute Gasteiger partial charge is 0.254 e. The summed E-state index contributed by atoms with van der Waals surface area (Å²) in [5, 5.41) is 3.06. The Bertz CT molecular complexity index is 1430. The Morgan fingerprint density at radius 3 is 2.67 bits per heavy atom.